The molecule has 3 aliphatic rings. The predicted octanol–water partition coefficient (Wildman–Crippen LogP) is 4.43. The van der Waals surface area contributed by atoms with Crippen molar-refractivity contribution in [1.29, 1.82) is 0 Å². The Bertz CT molecular complexity index is 929. The molecule has 3 heterocycles. The molecule has 296 valence electrons. The SMILES string of the molecule is CCN1CCN(C(=O)OC(C)(C)C)C[C@@H]1C.CCN1CCNC[C@@H]1C.C[C@H]1CN(C(=O)OC(C)(C)C)CCN1.O=C(O)C(F)(F)F.S.S.S. The number of hydrogen-bond donors (Lipinski definition) is 3. The highest BCUT2D eigenvalue weighted by molar-refractivity contribution is 7.59. The van der Waals surface area contributed by atoms with Crippen LogP contribution in [0.15, 0.2) is 0 Å². The molecule has 3 aliphatic heterocycles. The molecular weight excluding hydrogens is 706 g/mol. The van der Waals surface area contributed by atoms with Crippen molar-refractivity contribution in [3.8, 4) is 0 Å². The van der Waals surface area contributed by atoms with Crippen LogP contribution in [-0.4, -0.2) is 150 Å². The zero-order valence-corrected chi connectivity index (χ0v) is 34.4. The van der Waals surface area contributed by atoms with Gasteiger partial charge >= 0.3 is 24.3 Å². The predicted molar refractivity (Wildman–Crippen MR) is 204 cm³/mol. The molecule has 49 heavy (non-hydrogen) atoms. The largest absolute Gasteiger partial charge is 0.490 e. The van der Waals surface area contributed by atoms with Gasteiger partial charge in [0.2, 0.25) is 0 Å². The second-order valence-electron chi connectivity index (χ2n) is 13.7. The number of halogens is 3. The molecule has 0 aliphatic carbocycles. The van der Waals surface area contributed by atoms with Crippen molar-refractivity contribution in [2.45, 2.75) is 112 Å². The van der Waals surface area contributed by atoms with E-state index >= 15 is 0 Å². The summed E-state index contributed by atoms with van der Waals surface area (Å²) >= 11 is 0. The average molecular weight is 773 g/mol. The second-order valence-corrected chi connectivity index (χ2v) is 13.7. The number of nitrogens with zero attached hydrogens (tertiary/aromatic N) is 4. The molecule has 0 bridgehead atoms. The number of carbonyl (C=O) groups excluding carboxylic acids is 2. The van der Waals surface area contributed by atoms with Crippen LogP contribution in [0.3, 0.4) is 0 Å². The van der Waals surface area contributed by atoms with Crippen molar-refractivity contribution in [2.75, 3.05) is 72.0 Å². The van der Waals surface area contributed by atoms with Gasteiger partial charge in [0.15, 0.2) is 0 Å². The van der Waals surface area contributed by atoms with Crippen LogP contribution in [0.25, 0.3) is 0 Å². The number of piperazine rings is 3. The minimum absolute atomic E-state index is 0. The fourth-order valence-corrected chi connectivity index (χ4v) is 4.73. The molecule has 0 aromatic rings. The van der Waals surface area contributed by atoms with E-state index in [1.165, 1.54) is 13.1 Å². The smallest absolute Gasteiger partial charge is 0.475 e. The lowest BCUT2D eigenvalue weighted by Gasteiger charge is -2.39. The van der Waals surface area contributed by atoms with E-state index in [9.17, 15) is 22.8 Å². The molecule has 0 saturated carbocycles. The summed E-state index contributed by atoms with van der Waals surface area (Å²) in [6, 6.07) is 1.52. The van der Waals surface area contributed by atoms with Crippen molar-refractivity contribution in [3.05, 3.63) is 0 Å². The summed E-state index contributed by atoms with van der Waals surface area (Å²) in [5, 5.41) is 13.8. The van der Waals surface area contributed by atoms with Crippen LogP contribution in [0.2, 0.25) is 0 Å². The van der Waals surface area contributed by atoms with E-state index in [0.29, 0.717) is 12.1 Å². The van der Waals surface area contributed by atoms with E-state index in [0.717, 1.165) is 64.9 Å². The Morgan fingerprint density at radius 3 is 1.47 bits per heavy atom. The lowest BCUT2D eigenvalue weighted by Crippen LogP contribution is -2.54. The number of hydrogen-bond acceptors (Lipinski definition) is 9. The van der Waals surface area contributed by atoms with E-state index in [1.807, 2.05) is 46.4 Å². The van der Waals surface area contributed by atoms with Crippen LogP contribution in [0.1, 0.15) is 76.2 Å². The van der Waals surface area contributed by atoms with E-state index in [-0.39, 0.29) is 52.7 Å². The summed E-state index contributed by atoms with van der Waals surface area (Å²) in [7, 11) is 0. The highest BCUT2D eigenvalue weighted by Crippen LogP contribution is 2.15. The first-order valence-corrected chi connectivity index (χ1v) is 16.2. The minimum atomic E-state index is -5.08. The maximum Gasteiger partial charge on any atom is 0.490 e. The number of likely N-dealkylation sites (N-methyl/N-ethyl adjacent to an activating group) is 2. The van der Waals surface area contributed by atoms with Crippen molar-refractivity contribution in [2.24, 2.45) is 0 Å². The normalized spacial score (nSPS) is 21.6. The molecular formula is C31H67F3N6O6S3. The summed E-state index contributed by atoms with van der Waals surface area (Å²) in [6.45, 7) is 32.8. The van der Waals surface area contributed by atoms with Crippen LogP contribution in [0.4, 0.5) is 22.8 Å². The number of carboxylic acids is 1. The number of rotatable bonds is 2. The Morgan fingerprint density at radius 1 is 0.714 bits per heavy atom. The van der Waals surface area contributed by atoms with Crippen LogP contribution in [0, 0.1) is 0 Å². The first-order valence-electron chi connectivity index (χ1n) is 16.2. The van der Waals surface area contributed by atoms with Gasteiger partial charge in [0.1, 0.15) is 11.2 Å². The molecule has 0 radical (unpaired) electrons. The standard InChI is InChI=1S/C12H24N2O2.C10H20N2O2.C7H16N2.C2HF3O2.3H2S/c1-6-13-7-8-14(9-10(13)2)11(15)16-12(3,4)5;1-8-7-12(6-5-11-8)9(13)14-10(2,3)4;1-3-9-5-4-8-6-7(9)2;3-2(4,5)1(6)7;;;/h10H,6-9H2,1-5H3;8,11H,5-7H2,1-4H3;7-8H,3-6H2,1-2H3;(H,6,7);3*1H2/t10-;8-;7-;;;;/m000..../s1. The average Bonchev–Trinajstić information content (AvgIpc) is 2.92. The molecule has 3 rings (SSSR count). The lowest BCUT2D eigenvalue weighted by atomic mass is 10.2. The summed E-state index contributed by atoms with van der Waals surface area (Å²) in [5.74, 6) is -2.76. The number of nitrogens with one attached hydrogen (secondary N) is 2. The van der Waals surface area contributed by atoms with Gasteiger partial charge in [-0.15, -0.1) is 0 Å². The zero-order chi connectivity index (χ0) is 35.9. The Labute approximate surface area is 313 Å². The van der Waals surface area contributed by atoms with E-state index < -0.39 is 23.3 Å². The van der Waals surface area contributed by atoms with Gasteiger partial charge in [0, 0.05) is 77.0 Å². The van der Waals surface area contributed by atoms with Gasteiger partial charge in [-0.05, 0) is 75.4 Å². The molecule has 0 aromatic heterocycles. The maximum absolute atomic E-state index is 11.8. The van der Waals surface area contributed by atoms with Gasteiger partial charge in [-0.3, -0.25) is 9.80 Å². The minimum Gasteiger partial charge on any atom is -0.475 e. The third-order valence-electron chi connectivity index (χ3n) is 7.13. The third-order valence-corrected chi connectivity index (χ3v) is 7.13. The van der Waals surface area contributed by atoms with Crippen LogP contribution in [0.5, 0.6) is 0 Å². The number of carbonyl (C=O) groups is 3. The van der Waals surface area contributed by atoms with Crippen molar-refractivity contribution in [3.63, 3.8) is 0 Å². The summed E-state index contributed by atoms with van der Waals surface area (Å²) < 4.78 is 42.4. The Morgan fingerprint density at radius 2 is 1.14 bits per heavy atom. The summed E-state index contributed by atoms with van der Waals surface area (Å²) in [6.07, 6.45) is -5.47. The summed E-state index contributed by atoms with van der Waals surface area (Å²) in [4.78, 5) is 40.8. The van der Waals surface area contributed by atoms with Gasteiger partial charge in [0.05, 0.1) is 0 Å². The second kappa shape index (κ2) is 25.6. The number of carboxylic acid groups (broad SMARTS) is 1. The highest BCUT2D eigenvalue weighted by Gasteiger charge is 2.38. The Kier molecular flexibility index (Phi) is 28.5. The van der Waals surface area contributed by atoms with Crippen molar-refractivity contribution < 1.29 is 42.1 Å². The topological polar surface area (TPSA) is 127 Å². The lowest BCUT2D eigenvalue weighted by molar-refractivity contribution is -0.192. The fourth-order valence-electron chi connectivity index (χ4n) is 4.73. The highest BCUT2D eigenvalue weighted by atomic mass is 32.1. The van der Waals surface area contributed by atoms with Gasteiger partial charge in [-0.25, -0.2) is 14.4 Å². The van der Waals surface area contributed by atoms with E-state index in [1.54, 1.807) is 4.90 Å². The Balaban J connectivity index is -0.000000282. The van der Waals surface area contributed by atoms with Gasteiger partial charge in [0.25, 0.3) is 0 Å². The van der Waals surface area contributed by atoms with Crippen molar-refractivity contribution in [1.82, 2.24) is 30.2 Å². The van der Waals surface area contributed by atoms with E-state index in [4.69, 9.17) is 19.4 Å². The molecule has 2 amide bonds. The molecule has 0 spiro atoms. The quantitative estimate of drug-likeness (QED) is 0.371. The molecule has 3 saturated heterocycles. The Hall–Kier alpha value is -1.31. The van der Waals surface area contributed by atoms with Gasteiger partial charge in [-0.1, -0.05) is 13.8 Å². The van der Waals surface area contributed by atoms with E-state index in [2.05, 4.69) is 55.1 Å². The molecule has 3 fully saturated rings. The monoisotopic (exact) mass is 772 g/mol. The number of ether oxygens (including phenoxy) is 2. The number of alkyl halides is 3. The maximum atomic E-state index is 11.8. The van der Waals surface area contributed by atoms with Crippen LogP contribution >= 0.6 is 40.5 Å². The van der Waals surface area contributed by atoms with Gasteiger partial charge < -0.3 is 35.0 Å². The van der Waals surface area contributed by atoms with Crippen LogP contribution < -0.4 is 10.6 Å². The molecule has 12 nitrogen and oxygen atoms in total. The van der Waals surface area contributed by atoms with Crippen molar-refractivity contribution >= 4 is 58.6 Å². The fraction of sp³-hybridized carbons (Fsp3) is 0.903. The molecule has 3 N–H and O–H groups in total. The summed E-state index contributed by atoms with van der Waals surface area (Å²) in [5.41, 5.74) is -0.798. The first-order chi connectivity index (χ1) is 21.0. The van der Waals surface area contributed by atoms with Gasteiger partial charge in [-0.2, -0.15) is 53.7 Å². The number of aliphatic carboxylic acids is 1. The molecule has 3 atom stereocenters. The van der Waals surface area contributed by atoms with Crippen LogP contribution in [-0.2, 0) is 14.3 Å². The zero-order valence-electron chi connectivity index (χ0n) is 31.4. The molecule has 18 heteroatoms. The number of amides is 2. The molecule has 0 aromatic carbocycles. The third kappa shape index (κ3) is 25.3. The first kappa shape index (κ1) is 54.5. The molecule has 0 unspecified atom stereocenters.